The maximum Gasteiger partial charge on any atom is 0.127 e. The molecule has 19 heavy (non-hydrogen) atoms. The summed E-state index contributed by atoms with van der Waals surface area (Å²) in [7, 11) is 1.64. The zero-order chi connectivity index (χ0) is 13.5. The predicted molar refractivity (Wildman–Crippen MR) is 77.2 cm³/mol. The van der Waals surface area contributed by atoms with Crippen LogP contribution in [0.1, 0.15) is 0 Å². The molecule has 0 bridgehead atoms. The van der Waals surface area contributed by atoms with Gasteiger partial charge in [-0.1, -0.05) is 48.5 Å². The van der Waals surface area contributed by atoms with Crippen LogP contribution >= 0.6 is 0 Å². The summed E-state index contributed by atoms with van der Waals surface area (Å²) in [5.41, 5.74) is 8.08. The molecule has 100 valence electrons. The molecule has 1 atom stereocenters. The highest BCUT2D eigenvalue weighted by Gasteiger charge is 2.07. The highest BCUT2D eigenvalue weighted by molar-refractivity contribution is 5.70. The van der Waals surface area contributed by atoms with E-state index in [0.717, 1.165) is 16.9 Å². The normalized spacial score (nSPS) is 12.1. The molecule has 0 amide bonds. The van der Waals surface area contributed by atoms with Crippen LogP contribution in [-0.4, -0.2) is 26.4 Å². The molecule has 3 nitrogen and oxygen atoms in total. The molecule has 0 radical (unpaired) electrons. The van der Waals surface area contributed by atoms with E-state index in [1.54, 1.807) is 7.11 Å². The molecule has 2 aromatic rings. The molecule has 0 fully saturated rings. The van der Waals surface area contributed by atoms with Gasteiger partial charge in [-0.3, -0.25) is 0 Å². The van der Waals surface area contributed by atoms with Gasteiger partial charge in [0.25, 0.3) is 0 Å². The van der Waals surface area contributed by atoms with Gasteiger partial charge in [0.1, 0.15) is 12.4 Å². The van der Waals surface area contributed by atoms with Crippen LogP contribution in [0.4, 0.5) is 0 Å². The molecule has 2 aromatic carbocycles. The van der Waals surface area contributed by atoms with Crippen molar-refractivity contribution in [3.8, 4) is 16.9 Å². The Labute approximate surface area is 114 Å². The largest absolute Gasteiger partial charge is 0.491 e. The lowest BCUT2D eigenvalue weighted by molar-refractivity contribution is 0.153. The Morgan fingerprint density at radius 1 is 0.947 bits per heavy atom. The summed E-state index contributed by atoms with van der Waals surface area (Å²) < 4.78 is 10.8. The van der Waals surface area contributed by atoms with E-state index in [9.17, 15) is 0 Å². The average Bonchev–Trinajstić information content (AvgIpc) is 2.47. The second-order valence-electron chi connectivity index (χ2n) is 4.39. The number of methoxy groups -OCH3 is 1. The van der Waals surface area contributed by atoms with Crippen LogP contribution in [-0.2, 0) is 4.74 Å². The zero-order valence-electron chi connectivity index (χ0n) is 11.1. The Hall–Kier alpha value is -1.84. The quantitative estimate of drug-likeness (QED) is 0.865. The first-order valence-electron chi connectivity index (χ1n) is 6.33. The van der Waals surface area contributed by atoms with E-state index in [0.29, 0.717) is 13.2 Å². The molecule has 0 aliphatic heterocycles. The van der Waals surface area contributed by atoms with Gasteiger partial charge in [-0.2, -0.15) is 0 Å². The van der Waals surface area contributed by atoms with Crippen LogP contribution in [0.5, 0.6) is 5.75 Å². The van der Waals surface area contributed by atoms with E-state index < -0.39 is 0 Å². The maximum atomic E-state index is 5.87. The minimum absolute atomic E-state index is 0.117. The average molecular weight is 257 g/mol. The van der Waals surface area contributed by atoms with Crippen molar-refractivity contribution in [2.45, 2.75) is 6.04 Å². The van der Waals surface area contributed by atoms with E-state index in [4.69, 9.17) is 15.2 Å². The number of hydrogen-bond donors (Lipinski definition) is 1. The molecule has 0 heterocycles. The van der Waals surface area contributed by atoms with Gasteiger partial charge >= 0.3 is 0 Å². The van der Waals surface area contributed by atoms with Crippen molar-refractivity contribution in [2.75, 3.05) is 20.3 Å². The van der Waals surface area contributed by atoms with Gasteiger partial charge in [0.05, 0.1) is 12.6 Å². The minimum Gasteiger partial charge on any atom is -0.491 e. The van der Waals surface area contributed by atoms with E-state index in [1.165, 1.54) is 0 Å². The van der Waals surface area contributed by atoms with Crippen molar-refractivity contribution in [3.05, 3.63) is 54.6 Å². The molecular formula is C16H19NO2. The molecule has 0 aromatic heterocycles. The smallest absolute Gasteiger partial charge is 0.127 e. The maximum absolute atomic E-state index is 5.87. The third kappa shape index (κ3) is 3.81. The van der Waals surface area contributed by atoms with Gasteiger partial charge in [0.2, 0.25) is 0 Å². The van der Waals surface area contributed by atoms with Crippen molar-refractivity contribution in [1.82, 2.24) is 0 Å². The number of nitrogens with two attached hydrogens (primary N) is 1. The third-order valence-electron chi connectivity index (χ3n) is 2.81. The second-order valence-corrected chi connectivity index (χ2v) is 4.39. The Morgan fingerprint density at radius 2 is 1.63 bits per heavy atom. The molecule has 0 aliphatic rings. The summed E-state index contributed by atoms with van der Waals surface area (Å²) in [5, 5.41) is 0. The Bertz CT molecular complexity index is 499. The van der Waals surface area contributed by atoms with E-state index in [2.05, 4.69) is 12.1 Å². The SMILES string of the molecule is COCC(N)COc1ccccc1-c1ccccc1. The van der Waals surface area contributed by atoms with Crippen LogP contribution in [0, 0.1) is 0 Å². The molecule has 0 saturated heterocycles. The zero-order valence-corrected chi connectivity index (χ0v) is 11.1. The number of benzene rings is 2. The number of para-hydroxylation sites is 1. The lowest BCUT2D eigenvalue weighted by atomic mass is 10.1. The van der Waals surface area contributed by atoms with Crippen LogP contribution in [0.15, 0.2) is 54.6 Å². The monoisotopic (exact) mass is 257 g/mol. The van der Waals surface area contributed by atoms with Crippen molar-refractivity contribution in [3.63, 3.8) is 0 Å². The predicted octanol–water partition coefficient (Wildman–Crippen LogP) is 2.71. The highest BCUT2D eigenvalue weighted by atomic mass is 16.5. The number of ether oxygens (including phenoxy) is 2. The third-order valence-corrected chi connectivity index (χ3v) is 2.81. The van der Waals surface area contributed by atoms with Gasteiger partial charge in [0, 0.05) is 12.7 Å². The summed E-state index contributed by atoms with van der Waals surface area (Å²) in [6, 6.07) is 18.0. The fourth-order valence-electron chi connectivity index (χ4n) is 1.91. The molecule has 1 unspecified atom stereocenters. The summed E-state index contributed by atoms with van der Waals surface area (Å²) in [5.74, 6) is 0.847. The second kappa shape index (κ2) is 6.92. The lowest BCUT2D eigenvalue weighted by Gasteiger charge is -2.15. The summed E-state index contributed by atoms with van der Waals surface area (Å²) in [6.07, 6.45) is 0. The fraction of sp³-hybridized carbons (Fsp3) is 0.250. The standard InChI is InChI=1S/C16H19NO2/c1-18-11-14(17)12-19-16-10-6-5-9-15(16)13-7-3-2-4-8-13/h2-10,14H,11-12,17H2,1H3. The van der Waals surface area contributed by atoms with Crippen LogP contribution in [0.2, 0.25) is 0 Å². The van der Waals surface area contributed by atoms with Crippen LogP contribution in [0.3, 0.4) is 0 Å². The first kappa shape index (κ1) is 13.6. The molecular weight excluding hydrogens is 238 g/mol. The van der Waals surface area contributed by atoms with Crippen molar-refractivity contribution < 1.29 is 9.47 Å². The van der Waals surface area contributed by atoms with E-state index >= 15 is 0 Å². The fourth-order valence-corrected chi connectivity index (χ4v) is 1.91. The number of rotatable bonds is 6. The Kier molecular flexibility index (Phi) is 4.95. The molecule has 0 spiro atoms. The first-order valence-corrected chi connectivity index (χ1v) is 6.33. The van der Waals surface area contributed by atoms with Gasteiger partial charge in [-0.05, 0) is 11.6 Å². The van der Waals surface area contributed by atoms with Crippen molar-refractivity contribution >= 4 is 0 Å². The van der Waals surface area contributed by atoms with Crippen molar-refractivity contribution in [1.29, 1.82) is 0 Å². The molecule has 2 N–H and O–H groups in total. The van der Waals surface area contributed by atoms with Gasteiger partial charge in [-0.15, -0.1) is 0 Å². The minimum atomic E-state index is -0.117. The molecule has 0 aliphatic carbocycles. The van der Waals surface area contributed by atoms with E-state index in [1.807, 2.05) is 42.5 Å². The molecule has 2 rings (SSSR count). The topological polar surface area (TPSA) is 44.5 Å². The summed E-state index contributed by atoms with van der Waals surface area (Å²) in [6.45, 7) is 0.936. The molecule has 3 heteroatoms. The van der Waals surface area contributed by atoms with Crippen molar-refractivity contribution in [2.24, 2.45) is 5.73 Å². The summed E-state index contributed by atoms with van der Waals surface area (Å²) >= 11 is 0. The van der Waals surface area contributed by atoms with Crippen LogP contribution in [0.25, 0.3) is 11.1 Å². The molecule has 0 saturated carbocycles. The lowest BCUT2D eigenvalue weighted by Crippen LogP contribution is -2.32. The highest BCUT2D eigenvalue weighted by Crippen LogP contribution is 2.29. The first-order chi connectivity index (χ1) is 9.31. The van der Waals surface area contributed by atoms with Crippen LogP contribution < -0.4 is 10.5 Å². The Morgan fingerprint density at radius 3 is 2.37 bits per heavy atom. The van der Waals surface area contributed by atoms with Gasteiger partial charge in [-0.25, -0.2) is 0 Å². The van der Waals surface area contributed by atoms with Gasteiger partial charge in [0.15, 0.2) is 0 Å². The summed E-state index contributed by atoms with van der Waals surface area (Å²) in [4.78, 5) is 0. The Balaban J connectivity index is 2.13. The van der Waals surface area contributed by atoms with E-state index in [-0.39, 0.29) is 6.04 Å². The van der Waals surface area contributed by atoms with Gasteiger partial charge < -0.3 is 15.2 Å². The number of hydrogen-bond acceptors (Lipinski definition) is 3.